The molecule has 0 atom stereocenters. The molecule has 2 aliphatic heterocycles. The van der Waals surface area contributed by atoms with E-state index in [1.807, 2.05) is 0 Å². The van der Waals surface area contributed by atoms with Gasteiger partial charge in [0.2, 0.25) is 0 Å². The van der Waals surface area contributed by atoms with Crippen molar-refractivity contribution in [1.82, 2.24) is 9.38 Å². The summed E-state index contributed by atoms with van der Waals surface area (Å²) in [6.45, 7) is 5.07. The molecule has 4 nitrogen and oxygen atoms in total. The number of rotatable bonds is 0. The molecule has 2 aromatic heterocycles. The maximum Gasteiger partial charge on any atom is 0.307 e. The Morgan fingerprint density at radius 2 is 1.69 bits per heavy atom. The summed E-state index contributed by atoms with van der Waals surface area (Å²) in [4.78, 5) is 5.32. The predicted molar refractivity (Wildman–Crippen MR) is 144 cm³/mol. The number of benzene rings is 4. The molecule has 5 aliphatic rings. The Kier molecular flexibility index (Phi) is 2.82. The van der Waals surface area contributed by atoms with Gasteiger partial charge in [0, 0.05) is 5.39 Å². The maximum absolute atomic E-state index is 6.60. The Bertz CT molecular complexity index is 2020. The smallest absolute Gasteiger partial charge is 0.307 e. The van der Waals surface area contributed by atoms with Crippen LogP contribution >= 0.6 is 0 Å². The lowest BCUT2D eigenvalue weighted by molar-refractivity contribution is 0.189. The van der Waals surface area contributed by atoms with Crippen molar-refractivity contribution in [3.8, 4) is 11.5 Å². The second-order valence-corrected chi connectivity index (χ2v) is 12.1. The highest BCUT2D eigenvalue weighted by Crippen LogP contribution is 2.58. The normalized spacial score (nSPS) is 24.9. The average Bonchev–Trinajstić information content (AvgIpc) is 3.27. The van der Waals surface area contributed by atoms with Gasteiger partial charge in [0.1, 0.15) is 17.1 Å². The van der Waals surface area contributed by atoms with Crippen LogP contribution in [0.5, 0.6) is 11.5 Å². The second kappa shape index (κ2) is 5.49. The van der Waals surface area contributed by atoms with Crippen molar-refractivity contribution >= 4 is 61.9 Å². The third-order valence-corrected chi connectivity index (χ3v) is 10.2. The molecule has 172 valence electrons. The third kappa shape index (κ3) is 1.82. The first kappa shape index (κ1) is 18.5. The van der Waals surface area contributed by atoms with E-state index in [0.717, 1.165) is 28.0 Å². The van der Waals surface area contributed by atoms with Crippen LogP contribution in [0.3, 0.4) is 0 Å². The molecule has 0 N–H and O–H groups in total. The van der Waals surface area contributed by atoms with E-state index in [-0.39, 0.29) is 17.5 Å². The first-order valence-corrected chi connectivity index (χ1v) is 13.2. The average molecular weight is 466 g/mol. The lowest BCUT2D eigenvalue weighted by Gasteiger charge is -2.52. The molecule has 1 saturated carbocycles. The topological polar surface area (TPSA) is 39.7 Å². The molecule has 6 aromatic rings. The second-order valence-electron chi connectivity index (χ2n) is 12.1. The van der Waals surface area contributed by atoms with Gasteiger partial charge in [-0.05, 0) is 87.6 Å². The van der Waals surface area contributed by atoms with Gasteiger partial charge in [-0.15, -0.1) is 0 Å². The van der Waals surface area contributed by atoms with E-state index >= 15 is 0 Å². The van der Waals surface area contributed by atoms with Crippen LogP contribution in [0.25, 0.3) is 38.7 Å². The zero-order chi connectivity index (χ0) is 23.6. The molecule has 1 fully saturated rings. The lowest BCUT2D eigenvalue weighted by Crippen LogP contribution is -2.58. The Balaban J connectivity index is 1.52. The van der Waals surface area contributed by atoms with Crippen LogP contribution in [0, 0.1) is 0 Å². The first-order valence-electron chi connectivity index (χ1n) is 13.2. The number of hydrogen-bond acceptors (Lipinski definition) is 3. The van der Waals surface area contributed by atoms with Gasteiger partial charge in [-0.2, -0.15) is 4.98 Å². The molecule has 11 rings (SSSR count). The number of aromatic nitrogens is 2. The van der Waals surface area contributed by atoms with Crippen LogP contribution in [-0.2, 0) is 10.8 Å². The van der Waals surface area contributed by atoms with Crippen molar-refractivity contribution in [3.05, 3.63) is 65.7 Å². The summed E-state index contributed by atoms with van der Waals surface area (Å²) in [5, 5.41) is 2.31. The Morgan fingerprint density at radius 1 is 0.861 bits per heavy atom. The molecule has 2 bridgehead atoms. The van der Waals surface area contributed by atoms with E-state index in [4.69, 9.17) is 14.1 Å². The van der Waals surface area contributed by atoms with Crippen LogP contribution in [0.4, 0.5) is 0 Å². The molecule has 0 amide bonds. The van der Waals surface area contributed by atoms with Crippen molar-refractivity contribution < 1.29 is 9.15 Å². The zero-order valence-electron chi connectivity index (χ0n) is 20.3. The summed E-state index contributed by atoms with van der Waals surface area (Å²) in [5.41, 5.74) is 11.7. The largest absolute Gasteiger partial charge is 0.458 e. The standard InChI is InChI=1S/C31H23BN2O2/c1-30-10-12-31(2,13-11-30)24-17(30)15-19-27-26(24)33-29-34(27)28-23-16(6-5-9-21(23)36-29)14-22-25(28)32(19)18-7-3-4-8-20(18)35-22/h3-9,14-15H,10-13H2,1-2H3. The minimum Gasteiger partial charge on any atom is -0.458 e. The molecule has 0 saturated heterocycles. The fourth-order valence-corrected chi connectivity index (χ4v) is 8.30. The number of fused-ring (bicyclic) bond motifs is 5. The SMILES string of the molecule is CC12CCC(C)(CC1)c1c2cc2c3c1nc1oc4cccc5cc6c(c(c54)n13)B2c1ccccc1O6. The molecule has 0 radical (unpaired) electrons. The number of imidazole rings is 1. The third-order valence-electron chi connectivity index (χ3n) is 10.2. The fourth-order valence-electron chi connectivity index (χ4n) is 8.30. The predicted octanol–water partition coefficient (Wildman–Crippen LogP) is 5.43. The molecular weight excluding hydrogens is 443 g/mol. The summed E-state index contributed by atoms with van der Waals surface area (Å²) >= 11 is 0. The van der Waals surface area contributed by atoms with Crippen LogP contribution in [-0.4, -0.2) is 16.1 Å². The van der Waals surface area contributed by atoms with Crippen molar-refractivity contribution in [2.24, 2.45) is 0 Å². The van der Waals surface area contributed by atoms with Crippen LogP contribution in [0.15, 0.2) is 59.0 Å². The van der Waals surface area contributed by atoms with E-state index in [1.54, 1.807) is 0 Å². The van der Waals surface area contributed by atoms with Gasteiger partial charge in [-0.1, -0.05) is 50.2 Å². The van der Waals surface area contributed by atoms with Gasteiger partial charge in [0.05, 0.1) is 16.6 Å². The van der Waals surface area contributed by atoms with E-state index in [2.05, 4.69) is 72.8 Å². The molecule has 0 spiro atoms. The van der Waals surface area contributed by atoms with Gasteiger partial charge in [0.25, 0.3) is 6.71 Å². The molecule has 4 aromatic carbocycles. The van der Waals surface area contributed by atoms with E-state index in [9.17, 15) is 0 Å². The first-order chi connectivity index (χ1) is 17.5. The monoisotopic (exact) mass is 466 g/mol. The van der Waals surface area contributed by atoms with Crippen molar-refractivity contribution in [1.29, 1.82) is 0 Å². The van der Waals surface area contributed by atoms with Crippen molar-refractivity contribution in [2.45, 2.75) is 50.4 Å². The van der Waals surface area contributed by atoms with Gasteiger partial charge >= 0.3 is 5.84 Å². The number of ether oxygens (including phenoxy) is 1. The van der Waals surface area contributed by atoms with Gasteiger partial charge in [-0.3, -0.25) is 4.40 Å². The quantitative estimate of drug-likeness (QED) is 0.280. The van der Waals surface area contributed by atoms with Gasteiger partial charge < -0.3 is 9.15 Å². The molecular formula is C31H23BN2O2. The lowest BCUT2D eigenvalue weighted by atomic mass is 9.34. The summed E-state index contributed by atoms with van der Waals surface area (Å²) in [7, 11) is 0. The van der Waals surface area contributed by atoms with E-state index in [1.165, 1.54) is 69.6 Å². The van der Waals surface area contributed by atoms with Crippen LogP contribution in [0.2, 0.25) is 0 Å². The van der Waals surface area contributed by atoms with Crippen molar-refractivity contribution in [3.63, 3.8) is 0 Å². The van der Waals surface area contributed by atoms with Crippen molar-refractivity contribution in [2.75, 3.05) is 0 Å². The minimum absolute atomic E-state index is 0.122. The Hall–Kier alpha value is -3.73. The Morgan fingerprint density at radius 3 is 2.58 bits per heavy atom. The highest BCUT2D eigenvalue weighted by Gasteiger charge is 2.51. The maximum atomic E-state index is 6.60. The minimum atomic E-state index is 0.122. The number of nitrogens with zero attached hydrogens (tertiary/aromatic N) is 2. The molecule has 5 heteroatoms. The molecule has 3 aliphatic carbocycles. The number of hydrogen-bond donors (Lipinski definition) is 0. The summed E-state index contributed by atoms with van der Waals surface area (Å²) in [6.07, 6.45) is 4.98. The molecule has 36 heavy (non-hydrogen) atoms. The molecule has 4 heterocycles. The number of para-hydroxylation sites is 1. The summed E-state index contributed by atoms with van der Waals surface area (Å²) in [5.74, 6) is 2.61. The Labute approximate surface area is 207 Å². The summed E-state index contributed by atoms with van der Waals surface area (Å²) in [6, 6.07) is 19.7. The highest BCUT2D eigenvalue weighted by molar-refractivity contribution is 7.00. The fraction of sp³-hybridized carbons (Fsp3) is 0.258. The highest BCUT2D eigenvalue weighted by atomic mass is 16.5. The summed E-state index contributed by atoms with van der Waals surface area (Å²) < 4.78 is 15.5. The zero-order valence-corrected chi connectivity index (χ0v) is 20.3. The van der Waals surface area contributed by atoms with E-state index in [0.29, 0.717) is 5.84 Å². The van der Waals surface area contributed by atoms with E-state index < -0.39 is 0 Å². The van der Waals surface area contributed by atoms with Crippen LogP contribution < -0.4 is 21.1 Å². The van der Waals surface area contributed by atoms with Gasteiger partial charge in [-0.25, -0.2) is 0 Å². The van der Waals surface area contributed by atoms with Gasteiger partial charge in [0.15, 0.2) is 0 Å². The van der Waals surface area contributed by atoms with Crippen LogP contribution in [0.1, 0.15) is 50.7 Å². The molecule has 0 unspecified atom stereocenters.